The summed E-state index contributed by atoms with van der Waals surface area (Å²) in [5.74, 6) is -0.519. The standard InChI is InChI=1S/C25H22BrNO2S/c1-16-6-10-18(11-7-16)22-23(19-4-3-5-20(26)14-19)27(25(29)24(22)28)15-17-8-12-21(30-2)13-9-17/h3-14,23,28H,15H2,1-2H3/t23-/m0/s1. The van der Waals surface area contributed by atoms with Crippen LogP contribution in [0.1, 0.15) is 28.3 Å². The van der Waals surface area contributed by atoms with Crippen LogP contribution in [0.3, 0.4) is 0 Å². The number of thioether (sulfide) groups is 1. The van der Waals surface area contributed by atoms with Crippen molar-refractivity contribution >= 4 is 39.2 Å². The second-order valence-electron chi connectivity index (χ2n) is 7.37. The van der Waals surface area contributed by atoms with Gasteiger partial charge in [0.1, 0.15) is 0 Å². The molecule has 3 nitrogen and oxygen atoms in total. The molecule has 0 radical (unpaired) electrons. The summed E-state index contributed by atoms with van der Waals surface area (Å²) in [4.78, 5) is 16.1. The van der Waals surface area contributed by atoms with Crippen LogP contribution in [0.2, 0.25) is 0 Å². The quantitative estimate of drug-likeness (QED) is 0.422. The number of hydrogen-bond donors (Lipinski definition) is 1. The summed E-state index contributed by atoms with van der Waals surface area (Å²) in [6, 6.07) is 23.7. The van der Waals surface area contributed by atoms with Gasteiger partial charge < -0.3 is 10.0 Å². The van der Waals surface area contributed by atoms with Crippen molar-refractivity contribution in [3.8, 4) is 0 Å². The number of halogens is 1. The monoisotopic (exact) mass is 479 g/mol. The lowest BCUT2D eigenvalue weighted by molar-refractivity contribution is -0.130. The molecule has 0 spiro atoms. The third-order valence-electron chi connectivity index (χ3n) is 5.34. The van der Waals surface area contributed by atoms with Crippen LogP contribution in [0.15, 0.2) is 87.9 Å². The molecule has 1 N–H and O–H groups in total. The summed E-state index contributed by atoms with van der Waals surface area (Å²) in [5, 5.41) is 10.9. The van der Waals surface area contributed by atoms with E-state index in [-0.39, 0.29) is 17.7 Å². The van der Waals surface area contributed by atoms with E-state index in [4.69, 9.17) is 0 Å². The molecule has 0 bridgehead atoms. The van der Waals surface area contributed by atoms with Gasteiger partial charge in [-0.2, -0.15) is 0 Å². The number of aliphatic hydroxyl groups excluding tert-OH is 1. The van der Waals surface area contributed by atoms with Crippen LogP contribution in [0, 0.1) is 6.92 Å². The highest BCUT2D eigenvalue weighted by Gasteiger charge is 2.41. The molecule has 0 aliphatic carbocycles. The summed E-state index contributed by atoms with van der Waals surface area (Å²) in [5.41, 5.74) is 4.63. The number of aliphatic hydroxyl groups is 1. The third kappa shape index (κ3) is 4.05. The number of carbonyl (C=O) groups is 1. The van der Waals surface area contributed by atoms with Crippen molar-refractivity contribution in [3.05, 3.63) is 105 Å². The highest BCUT2D eigenvalue weighted by molar-refractivity contribution is 9.10. The van der Waals surface area contributed by atoms with Gasteiger partial charge in [0, 0.05) is 21.5 Å². The van der Waals surface area contributed by atoms with Crippen molar-refractivity contribution in [3.63, 3.8) is 0 Å². The second kappa shape index (κ2) is 8.70. The Morgan fingerprint density at radius 2 is 1.73 bits per heavy atom. The van der Waals surface area contributed by atoms with Gasteiger partial charge in [0.15, 0.2) is 5.76 Å². The Balaban J connectivity index is 1.78. The van der Waals surface area contributed by atoms with E-state index in [9.17, 15) is 9.90 Å². The smallest absolute Gasteiger partial charge is 0.290 e. The first-order valence-electron chi connectivity index (χ1n) is 9.67. The number of benzene rings is 3. The van der Waals surface area contributed by atoms with Crippen molar-refractivity contribution in [1.82, 2.24) is 4.90 Å². The van der Waals surface area contributed by atoms with Gasteiger partial charge in [-0.05, 0) is 54.1 Å². The highest BCUT2D eigenvalue weighted by atomic mass is 79.9. The van der Waals surface area contributed by atoms with Gasteiger partial charge in [-0.25, -0.2) is 0 Å². The molecule has 0 saturated carbocycles. The van der Waals surface area contributed by atoms with Crippen molar-refractivity contribution < 1.29 is 9.90 Å². The summed E-state index contributed by atoms with van der Waals surface area (Å²) < 4.78 is 0.936. The first-order valence-corrected chi connectivity index (χ1v) is 11.7. The molecule has 152 valence electrons. The molecule has 30 heavy (non-hydrogen) atoms. The number of nitrogens with zero attached hydrogens (tertiary/aromatic N) is 1. The minimum atomic E-state index is -0.363. The molecule has 1 aliphatic heterocycles. The first kappa shape index (κ1) is 20.8. The minimum Gasteiger partial charge on any atom is -0.503 e. The van der Waals surface area contributed by atoms with E-state index in [1.165, 1.54) is 4.90 Å². The normalized spacial score (nSPS) is 16.4. The van der Waals surface area contributed by atoms with Gasteiger partial charge in [0.05, 0.1) is 6.04 Å². The topological polar surface area (TPSA) is 40.5 Å². The zero-order valence-electron chi connectivity index (χ0n) is 16.8. The summed E-state index contributed by atoms with van der Waals surface area (Å²) >= 11 is 5.23. The lowest BCUT2D eigenvalue weighted by Gasteiger charge is -2.28. The molecular weight excluding hydrogens is 458 g/mol. The average Bonchev–Trinajstić information content (AvgIpc) is 3.00. The largest absolute Gasteiger partial charge is 0.503 e. The van der Waals surface area contributed by atoms with E-state index < -0.39 is 0 Å². The van der Waals surface area contributed by atoms with Crippen molar-refractivity contribution in [2.45, 2.75) is 24.4 Å². The van der Waals surface area contributed by atoms with Crippen molar-refractivity contribution in [2.24, 2.45) is 0 Å². The molecule has 5 heteroatoms. The molecule has 0 unspecified atom stereocenters. The summed E-state index contributed by atoms with van der Waals surface area (Å²) in [6.45, 7) is 2.44. The maximum Gasteiger partial charge on any atom is 0.290 e. The SMILES string of the molecule is CSc1ccc(CN2C(=O)C(O)=C(c3ccc(C)cc3)[C@@H]2c2cccc(Br)c2)cc1. The Bertz CT molecular complexity index is 1110. The van der Waals surface area contributed by atoms with Gasteiger partial charge in [-0.15, -0.1) is 11.8 Å². The van der Waals surface area contributed by atoms with Gasteiger partial charge >= 0.3 is 0 Å². The molecule has 3 aromatic rings. The third-order valence-corrected chi connectivity index (χ3v) is 6.58. The summed E-state index contributed by atoms with van der Waals surface area (Å²) in [6.07, 6.45) is 2.04. The molecule has 1 amide bonds. The number of aryl methyl sites for hydroxylation is 1. The predicted molar refractivity (Wildman–Crippen MR) is 126 cm³/mol. The Kier molecular flexibility index (Phi) is 6.02. The van der Waals surface area contributed by atoms with Gasteiger partial charge in [0.25, 0.3) is 5.91 Å². The molecule has 3 aromatic carbocycles. The maximum absolute atomic E-state index is 13.2. The predicted octanol–water partition coefficient (Wildman–Crippen LogP) is 6.53. The maximum atomic E-state index is 13.2. The first-order chi connectivity index (χ1) is 14.5. The minimum absolute atomic E-state index is 0.176. The fraction of sp³-hybridized carbons (Fsp3) is 0.160. The van der Waals surface area contributed by atoms with Crippen LogP contribution >= 0.6 is 27.7 Å². The zero-order chi connectivity index (χ0) is 21.3. The zero-order valence-corrected chi connectivity index (χ0v) is 19.2. The fourth-order valence-corrected chi connectivity index (χ4v) is 4.62. The number of amides is 1. The Labute approximate surface area is 189 Å². The molecule has 4 rings (SSSR count). The van der Waals surface area contributed by atoms with E-state index in [1.807, 2.05) is 73.8 Å². The van der Waals surface area contributed by atoms with E-state index in [0.717, 1.165) is 26.7 Å². The molecule has 0 aromatic heterocycles. The molecule has 1 heterocycles. The Morgan fingerprint density at radius 1 is 1.03 bits per heavy atom. The number of hydrogen-bond acceptors (Lipinski definition) is 3. The van der Waals surface area contributed by atoms with E-state index in [0.29, 0.717) is 12.1 Å². The van der Waals surface area contributed by atoms with Crippen LogP contribution in [-0.4, -0.2) is 22.2 Å². The molecule has 1 aliphatic rings. The Hall–Kier alpha value is -2.50. The van der Waals surface area contributed by atoms with E-state index in [1.54, 1.807) is 16.7 Å². The highest BCUT2D eigenvalue weighted by Crippen LogP contribution is 2.44. The van der Waals surface area contributed by atoms with Gasteiger partial charge in [0.2, 0.25) is 0 Å². The van der Waals surface area contributed by atoms with Gasteiger partial charge in [-0.1, -0.05) is 70.0 Å². The lowest BCUT2D eigenvalue weighted by Crippen LogP contribution is -2.29. The molecule has 1 atom stereocenters. The summed E-state index contributed by atoms with van der Waals surface area (Å²) in [7, 11) is 0. The lowest BCUT2D eigenvalue weighted by atomic mass is 9.93. The molecule has 0 fully saturated rings. The van der Waals surface area contributed by atoms with Crippen LogP contribution in [-0.2, 0) is 11.3 Å². The molecular formula is C25H22BrNO2S. The fourth-order valence-electron chi connectivity index (χ4n) is 3.80. The van der Waals surface area contributed by atoms with Gasteiger partial charge in [-0.3, -0.25) is 4.79 Å². The van der Waals surface area contributed by atoms with Crippen LogP contribution in [0.4, 0.5) is 0 Å². The van der Waals surface area contributed by atoms with Crippen LogP contribution < -0.4 is 0 Å². The van der Waals surface area contributed by atoms with Crippen molar-refractivity contribution in [1.29, 1.82) is 0 Å². The number of carbonyl (C=O) groups excluding carboxylic acids is 1. The van der Waals surface area contributed by atoms with Crippen molar-refractivity contribution in [2.75, 3.05) is 6.26 Å². The molecule has 0 saturated heterocycles. The Morgan fingerprint density at radius 3 is 2.37 bits per heavy atom. The number of rotatable bonds is 5. The van der Waals surface area contributed by atoms with Crippen LogP contribution in [0.25, 0.3) is 5.57 Å². The second-order valence-corrected chi connectivity index (χ2v) is 9.16. The average molecular weight is 480 g/mol. The van der Waals surface area contributed by atoms with Crippen LogP contribution in [0.5, 0.6) is 0 Å². The van der Waals surface area contributed by atoms with E-state index in [2.05, 4.69) is 28.1 Å². The van der Waals surface area contributed by atoms with E-state index >= 15 is 0 Å².